The summed E-state index contributed by atoms with van der Waals surface area (Å²) in [4.78, 5) is 14.9. The van der Waals surface area contributed by atoms with Crippen LogP contribution in [-0.2, 0) is 4.74 Å². The lowest BCUT2D eigenvalue weighted by atomic mass is 10.2. The van der Waals surface area contributed by atoms with Crippen molar-refractivity contribution in [2.45, 2.75) is 13.3 Å². The average Bonchev–Trinajstić information content (AvgIpc) is 2.27. The molecule has 0 atom stereocenters. The molecular formula is C10H10ClF2NO3. The molecule has 0 amide bonds. The molecule has 17 heavy (non-hydrogen) atoms. The number of esters is 1. The number of carbonyl (C=O) groups excluding carboxylic acids is 1. The van der Waals surface area contributed by atoms with Crippen LogP contribution in [0.3, 0.4) is 0 Å². The number of hydrogen-bond donors (Lipinski definition) is 0. The van der Waals surface area contributed by atoms with Crippen LogP contribution in [0, 0.1) is 0 Å². The first-order valence-corrected chi connectivity index (χ1v) is 5.08. The van der Waals surface area contributed by atoms with Crippen LogP contribution in [0.1, 0.15) is 29.4 Å². The van der Waals surface area contributed by atoms with Crippen molar-refractivity contribution in [3.63, 3.8) is 0 Å². The molecule has 0 saturated carbocycles. The number of alkyl halides is 2. The first kappa shape index (κ1) is 13.6. The lowest BCUT2D eigenvalue weighted by Gasteiger charge is -2.10. The molecule has 0 aromatic carbocycles. The van der Waals surface area contributed by atoms with Gasteiger partial charge < -0.3 is 9.47 Å². The van der Waals surface area contributed by atoms with Crippen molar-refractivity contribution in [2.75, 3.05) is 13.7 Å². The third-order valence-corrected chi connectivity index (χ3v) is 2.16. The third-order valence-electron chi connectivity index (χ3n) is 1.88. The Labute approximate surface area is 101 Å². The molecule has 1 aromatic rings. The maximum atomic E-state index is 12.5. The first-order chi connectivity index (χ1) is 8.01. The van der Waals surface area contributed by atoms with Crippen LogP contribution in [0.5, 0.6) is 5.75 Å². The number of nitrogens with zero attached hydrogens (tertiary/aromatic N) is 1. The summed E-state index contributed by atoms with van der Waals surface area (Å²) in [5.74, 6) is -0.846. The predicted molar refractivity (Wildman–Crippen MR) is 56.7 cm³/mol. The minimum absolute atomic E-state index is 0.0845. The van der Waals surface area contributed by atoms with Gasteiger partial charge >= 0.3 is 5.97 Å². The number of halogens is 3. The highest BCUT2D eigenvalue weighted by molar-refractivity contribution is 6.32. The van der Waals surface area contributed by atoms with Gasteiger partial charge in [-0.15, -0.1) is 0 Å². The topological polar surface area (TPSA) is 48.4 Å². The summed E-state index contributed by atoms with van der Waals surface area (Å²) in [5, 5.41) is -0.363. The SMILES string of the molecule is CCOC(=O)c1c(OC)cc(C(F)F)nc1Cl. The minimum Gasteiger partial charge on any atom is -0.496 e. The van der Waals surface area contributed by atoms with Gasteiger partial charge in [0.15, 0.2) is 0 Å². The van der Waals surface area contributed by atoms with Gasteiger partial charge in [-0.3, -0.25) is 0 Å². The van der Waals surface area contributed by atoms with Crippen LogP contribution in [0.2, 0.25) is 5.15 Å². The molecular weight excluding hydrogens is 256 g/mol. The Balaban J connectivity index is 3.25. The van der Waals surface area contributed by atoms with Crippen LogP contribution in [0.25, 0.3) is 0 Å². The fourth-order valence-corrected chi connectivity index (χ4v) is 1.44. The number of aromatic nitrogens is 1. The summed E-state index contributed by atoms with van der Waals surface area (Å²) in [6.07, 6.45) is -2.79. The summed E-state index contributed by atoms with van der Waals surface area (Å²) in [6, 6.07) is 0.961. The molecule has 4 nitrogen and oxygen atoms in total. The van der Waals surface area contributed by atoms with Crippen molar-refractivity contribution in [1.29, 1.82) is 0 Å². The highest BCUT2D eigenvalue weighted by Crippen LogP contribution is 2.30. The van der Waals surface area contributed by atoms with Crippen LogP contribution >= 0.6 is 11.6 Å². The van der Waals surface area contributed by atoms with Crippen LogP contribution in [0.4, 0.5) is 8.78 Å². The molecule has 0 aliphatic heterocycles. The van der Waals surface area contributed by atoms with E-state index < -0.39 is 18.1 Å². The first-order valence-electron chi connectivity index (χ1n) is 4.71. The van der Waals surface area contributed by atoms with E-state index in [1.165, 1.54) is 7.11 Å². The van der Waals surface area contributed by atoms with Crippen molar-refractivity contribution < 1.29 is 23.0 Å². The molecule has 0 N–H and O–H groups in total. The fourth-order valence-electron chi connectivity index (χ4n) is 1.17. The normalized spacial score (nSPS) is 10.5. The monoisotopic (exact) mass is 265 g/mol. The van der Waals surface area contributed by atoms with E-state index in [0.717, 1.165) is 6.07 Å². The number of rotatable bonds is 4. The van der Waals surface area contributed by atoms with Gasteiger partial charge in [0, 0.05) is 6.07 Å². The summed E-state index contributed by atoms with van der Waals surface area (Å²) in [7, 11) is 1.24. The Morgan fingerprint density at radius 2 is 2.24 bits per heavy atom. The van der Waals surface area contributed by atoms with Gasteiger partial charge in [-0.2, -0.15) is 0 Å². The van der Waals surface area contributed by atoms with Gasteiger partial charge in [0.2, 0.25) is 0 Å². The number of methoxy groups -OCH3 is 1. The maximum Gasteiger partial charge on any atom is 0.345 e. The number of ether oxygens (including phenoxy) is 2. The molecule has 94 valence electrons. The van der Waals surface area contributed by atoms with E-state index in [1.807, 2.05) is 0 Å². The molecule has 7 heteroatoms. The van der Waals surface area contributed by atoms with Gasteiger partial charge in [-0.05, 0) is 6.92 Å². The van der Waals surface area contributed by atoms with Gasteiger partial charge in [-0.25, -0.2) is 18.6 Å². The quantitative estimate of drug-likeness (QED) is 0.620. The number of pyridine rings is 1. The van der Waals surface area contributed by atoms with E-state index in [-0.39, 0.29) is 23.1 Å². The van der Waals surface area contributed by atoms with E-state index in [2.05, 4.69) is 4.98 Å². The molecule has 0 bridgehead atoms. The Hall–Kier alpha value is -1.43. The molecule has 0 spiro atoms. The zero-order valence-corrected chi connectivity index (χ0v) is 9.92. The van der Waals surface area contributed by atoms with Crippen LogP contribution < -0.4 is 4.74 Å². The molecule has 0 aliphatic rings. The fraction of sp³-hybridized carbons (Fsp3) is 0.400. The summed E-state index contributed by atoms with van der Waals surface area (Å²) in [5.41, 5.74) is -0.708. The predicted octanol–water partition coefficient (Wildman–Crippen LogP) is 2.86. The van der Waals surface area contributed by atoms with E-state index in [0.29, 0.717) is 0 Å². The van der Waals surface area contributed by atoms with Crippen molar-refractivity contribution in [1.82, 2.24) is 4.98 Å². The van der Waals surface area contributed by atoms with E-state index >= 15 is 0 Å². The Bertz CT molecular complexity index is 426. The number of hydrogen-bond acceptors (Lipinski definition) is 4. The smallest absolute Gasteiger partial charge is 0.345 e. The van der Waals surface area contributed by atoms with E-state index in [4.69, 9.17) is 21.1 Å². The largest absolute Gasteiger partial charge is 0.496 e. The molecule has 0 saturated heterocycles. The van der Waals surface area contributed by atoms with Gasteiger partial charge in [0.25, 0.3) is 6.43 Å². The summed E-state index contributed by atoms with van der Waals surface area (Å²) in [6.45, 7) is 1.74. The van der Waals surface area contributed by atoms with Gasteiger partial charge in [0.1, 0.15) is 22.2 Å². The molecule has 0 aliphatic carbocycles. The molecule has 1 heterocycles. The van der Waals surface area contributed by atoms with Gasteiger partial charge in [-0.1, -0.05) is 11.6 Å². The second-order valence-corrected chi connectivity index (χ2v) is 3.29. The molecule has 0 radical (unpaired) electrons. The lowest BCUT2D eigenvalue weighted by Crippen LogP contribution is -2.09. The van der Waals surface area contributed by atoms with Crippen molar-refractivity contribution in [3.05, 3.63) is 22.5 Å². The highest BCUT2D eigenvalue weighted by atomic mass is 35.5. The number of carbonyl (C=O) groups is 1. The van der Waals surface area contributed by atoms with E-state index in [9.17, 15) is 13.6 Å². The minimum atomic E-state index is -2.79. The van der Waals surface area contributed by atoms with Crippen molar-refractivity contribution in [2.24, 2.45) is 0 Å². The molecule has 1 aromatic heterocycles. The Kier molecular flexibility index (Phi) is 4.62. The second-order valence-electron chi connectivity index (χ2n) is 2.94. The summed E-state index contributed by atoms with van der Waals surface area (Å²) >= 11 is 5.66. The maximum absolute atomic E-state index is 12.5. The van der Waals surface area contributed by atoms with Crippen molar-refractivity contribution in [3.8, 4) is 5.75 Å². The molecule has 1 rings (SSSR count). The Morgan fingerprint density at radius 3 is 2.71 bits per heavy atom. The average molecular weight is 266 g/mol. The zero-order chi connectivity index (χ0) is 13.0. The molecule has 0 unspecified atom stereocenters. The Morgan fingerprint density at radius 1 is 1.59 bits per heavy atom. The molecule has 0 fully saturated rings. The standard InChI is InChI=1S/C10H10ClF2NO3/c1-3-17-10(15)7-6(16-2)4-5(9(12)13)14-8(7)11/h4,9H,3H2,1-2H3. The summed E-state index contributed by atoms with van der Waals surface area (Å²) < 4.78 is 34.4. The van der Waals surface area contributed by atoms with Crippen LogP contribution in [0.15, 0.2) is 6.07 Å². The van der Waals surface area contributed by atoms with Gasteiger partial charge in [0.05, 0.1) is 13.7 Å². The highest BCUT2D eigenvalue weighted by Gasteiger charge is 2.23. The zero-order valence-electron chi connectivity index (χ0n) is 9.17. The van der Waals surface area contributed by atoms with Crippen LogP contribution in [-0.4, -0.2) is 24.7 Å². The van der Waals surface area contributed by atoms with Crippen molar-refractivity contribution >= 4 is 17.6 Å². The second kappa shape index (κ2) is 5.77. The third kappa shape index (κ3) is 3.03. The van der Waals surface area contributed by atoms with E-state index in [1.54, 1.807) is 6.92 Å². The lowest BCUT2D eigenvalue weighted by molar-refractivity contribution is 0.0521.